The molecule has 0 unspecified atom stereocenters. The molecule has 0 fully saturated rings. The molecule has 2 N–H and O–H groups in total. The fraction of sp³-hybridized carbons (Fsp3) is 0.400. The number of rotatable bonds is 6. The molecule has 0 aliphatic carbocycles. The van der Waals surface area contributed by atoms with Gasteiger partial charge in [0, 0.05) is 25.5 Å². The van der Waals surface area contributed by atoms with Gasteiger partial charge in [-0.15, -0.1) is 0 Å². The molecule has 2 aromatic rings. The summed E-state index contributed by atoms with van der Waals surface area (Å²) in [6, 6.07) is 0. The molecular formula is C10H14N6O. The SMILES string of the molecule is O=C(NCCCCn1ccnc1)c1cn[nH]n1. The molecule has 0 aliphatic heterocycles. The average Bonchev–Trinajstić information content (AvgIpc) is 3.01. The number of aromatic amines is 1. The van der Waals surface area contributed by atoms with Crippen molar-refractivity contribution in [2.45, 2.75) is 19.4 Å². The highest BCUT2D eigenvalue weighted by Crippen LogP contribution is 1.95. The third-order valence-electron chi connectivity index (χ3n) is 2.34. The molecule has 0 bridgehead atoms. The van der Waals surface area contributed by atoms with Crippen LogP contribution in [-0.4, -0.2) is 37.4 Å². The molecule has 0 atom stereocenters. The van der Waals surface area contributed by atoms with Crippen LogP contribution in [0.4, 0.5) is 0 Å². The van der Waals surface area contributed by atoms with E-state index in [4.69, 9.17) is 0 Å². The van der Waals surface area contributed by atoms with Crippen LogP contribution in [0.2, 0.25) is 0 Å². The summed E-state index contributed by atoms with van der Waals surface area (Å²) in [4.78, 5) is 15.4. The predicted octanol–water partition coefficient (Wildman–Crippen LogP) is 0.211. The van der Waals surface area contributed by atoms with Gasteiger partial charge in [0.25, 0.3) is 5.91 Å². The Bertz CT molecular complexity index is 435. The maximum absolute atomic E-state index is 11.4. The Kier molecular flexibility index (Phi) is 3.85. The van der Waals surface area contributed by atoms with E-state index in [1.807, 2.05) is 10.8 Å². The first-order valence-corrected chi connectivity index (χ1v) is 5.46. The van der Waals surface area contributed by atoms with Gasteiger partial charge in [0.05, 0.1) is 12.5 Å². The molecule has 1 amide bonds. The van der Waals surface area contributed by atoms with Crippen LogP contribution in [0, 0.1) is 0 Å². The van der Waals surface area contributed by atoms with E-state index in [2.05, 4.69) is 25.7 Å². The highest BCUT2D eigenvalue weighted by Gasteiger charge is 2.06. The Hall–Kier alpha value is -2.18. The molecule has 17 heavy (non-hydrogen) atoms. The number of nitrogens with zero attached hydrogens (tertiary/aromatic N) is 4. The van der Waals surface area contributed by atoms with E-state index in [-0.39, 0.29) is 5.91 Å². The fourth-order valence-corrected chi connectivity index (χ4v) is 1.44. The third kappa shape index (κ3) is 3.40. The van der Waals surface area contributed by atoms with Gasteiger partial charge in [-0.3, -0.25) is 4.79 Å². The van der Waals surface area contributed by atoms with Crippen LogP contribution in [0.15, 0.2) is 24.9 Å². The number of nitrogens with one attached hydrogen (secondary N) is 2. The van der Waals surface area contributed by atoms with E-state index in [0.29, 0.717) is 12.2 Å². The summed E-state index contributed by atoms with van der Waals surface area (Å²) in [5.74, 6) is -0.193. The molecule has 0 saturated heterocycles. The Morgan fingerprint density at radius 3 is 3.12 bits per heavy atom. The molecule has 2 aromatic heterocycles. The number of hydrogen-bond acceptors (Lipinski definition) is 4. The van der Waals surface area contributed by atoms with Crippen molar-refractivity contribution >= 4 is 5.91 Å². The normalized spacial score (nSPS) is 10.4. The lowest BCUT2D eigenvalue weighted by atomic mass is 10.3. The lowest BCUT2D eigenvalue weighted by Gasteiger charge is -2.03. The average molecular weight is 234 g/mol. The monoisotopic (exact) mass is 234 g/mol. The van der Waals surface area contributed by atoms with Gasteiger partial charge < -0.3 is 9.88 Å². The van der Waals surface area contributed by atoms with Gasteiger partial charge in [0.1, 0.15) is 0 Å². The first kappa shape index (κ1) is 11.3. The first-order valence-electron chi connectivity index (χ1n) is 5.46. The van der Waals surface area contributed by atoms with Gasteiger partial charge in [-0.2, -0.15) is 15.4 Å². The van der Waals surface area contributed by atoms with Crippen molar-refractivity contribution in [3.05, 3.63) is 30.6 Å². The summed E-state index contributed by atoms with van der Waals surface area (Å²) in [7, 11) is 0. The van der Waals surface area contributed by atoms with E-state index in [9.17, 15) is 4.79 Å². The van der Waals surface area contributed by atoms with E-state index in [0.717, 1.165) is 19.4 Å². The molecule has 2 rings (SSSR count). The highest BCUT2D eigenvalue weighted by atomic mass is 16.1. The van der Waals surface area contributed by atoms with Crippen LogP contribution in [-0.2, 0) is 6.54 Å². The molecule has 7 nitrogen and oxygen atoms in total. The highest BCUT2D eigenvalue weighted by molar-refractivity contribution is 5.91. The van der Waals surface area contributed by atoms with E-state index >= 15 is 0 Å². The lowest BCUT2D eigenvalue weighted by Crippen LogP contribution is -2.24. The van der Waals surface area contributed by atoms with Crippen molar-refractivity contribution in [3.8, 4) is 0 Å². The zero-order valence-corrected chi connectivity index (χ0v) is 9.33. The van der Waals surface area contributed by atoms with Crippen molar-refractivity contribution in [2.24, 2.45) is 0 Å². The quantitative estimate of drug-likeness (QED) is 0.699. The summed E-state index contributed by atoms with van der Waals surface area (Å²) in [5.41, 5.74) is 0.319. The minimum atomic E-state index is -0.193. The van der Waals surface area contributed by atoms with Crippen LogP contribution < -0.4 is 5.32 Å². The van der Waals surface area contributed by atoms with Gasteiger partial charge >= 0.3 is 0 Å². The van der Waals surface area contributed by atoms with Crippen molar-refractivity contribution in [3.63, 3.8) is 0 Å². The topological polar surface area (TPSA) is 88.5 Å². The predicted molar refractivity (Wildman–Crippen MR) is 60.2 cm³/mol. The number of unbranched alkanes of at least 4 members (excludes halogenated alkanes) is 1. The lowest BCUT2D eigenvalue weighted by molar-refractivity contribution is 0.0948. The molecule has 0 aromatic carbocycles. The second kappa shape index (κ2) is 5.78. The standard InChI is InChI=1S/C10H14N6O/c17-10(9-7-13-15-14-9)12-3-1-2-5-16-6-4-11-8-16/h4,6-8H,1-3,5H2,(H,12,17)(H,13,14,15). The van der Waals surface area contributed by atoms with Gasteiger partial charge in [-0.25, -0.2) is 4.98 Å². The van der Waals surface area contributed by atoms with Crippen LogP contribution in [0.3, 0.4) is 0 Å². The Balaban J connectivity index is 1.59. The van der Waals surface area contributed by atoms with Crippen molar-refractivity contribution in [2.75, 3.05) is 6.54 Å². The molecule has 7 heteroatoms. The Labute approximate surface area is 98.2 Å². The molecular weight excluding hydrogens is 220 g/mol. The number of aryl methyl sites for hydroxylation is 1. The van der Waals surface area contributed by atoms with Gasteiger partial charge in [0.2, 0.25) is 0 Å². The number of imidazole rings is 1. The number of H-pyrrole nitrogens is 1. The van der Waals surface area contributed by atoms with Crippen LogP contribution in [0.5, 0.6) is 0 Å². The van der Waals surface area contributed by atoms with Crippen LogP contribution in [0.1, 0.15) is 23.3 Å². The maximum Gasteiger partial charge on any atom is 0.273 e. The number of hydrogen-bond donors (Lipinski definition) is 2. The summed E-state index contributed by atoms with van der Waals surface area (Å²) >= 11 is 0. The van der Waals surface area contributed by atoms with E-state index in [1.165, 1.54) is 6.20 Å². The van der Waals surface area contributed by atoms with Gasteiger partial charge in [0.15, 0.2) is 5.69 Å². The Morgan fingerprint density at radius 2 is 2.41 bits per heavy atom. The summed E-state index contributed by atoms with van der Waals surface area (Å²) in [6.07, 6.45) is 8.78. The van der Waals surface area contributed by atoms with Crippen molar-refractivity contribution in [1.29, 1.82) is 0 Å². The number of carbonyl (C=O) groups excluding carboxylic acids is 1. The van der Waals surface area contributed by atoms with Crippen LogP contribution in [0.25, 0.3) is 0 Å². The second-order valence-electron chi connectivity index (χ2n) is 3.62. The summed E-state index contributed by atoms with van der Waals surface area (Å²) < 4.78 is 2.01. The molecule has 90 valence electrons. The number of aromatic nitrogens is 5. The molecule has 0 spiro atoms. The first-order chi connectivity index (χ1) is 8.36. The second-order valence-corrected chi connectivity index (χ2v) is 3.62. The zero-order chi connectivity index (χ0) is 11.9. The smallest absolute Gasteiger partial charge is 0.273 e. The summed E-state index contributed by atoms with van der Waals surface area (Å²) in [5, 5.41) is 12.4. The summed E-state index contributed by atoms with van der Waals surface area (Å²) in [6.45, 7) is 1.56. The van der Waals surface area contributed by atoms with E-state index in [1.54, 1.807) is 12.5 Å². The van der Waals surface area contributed by atoms with Gasteiger partial charge in [-0.05, 0) is 12.8 Å². The molecule has 0 saturated carbocycles. The van der Waals surface area contributed by atoms with Crippen molar-refractivity contribution in [1.82, 2.24) is 30.3 Å². The molecule has 0 aliphatic rings. The van der Waals surface area contributed by atoms with E-state index < -0.39 is 0 Å². The fourth-order valence-electron chi connectivity index (χ4n) is 1.44. The Morgan fingerprint density at radius 1 is 1.47 bits per heavy atom. The minimum Gasteiger partial charge on any atom is -0.351 e. The minimum absolute atomic E-state index is 0.193. The maximum atomic E-state index is 11.4. The van der Waals surface area contributed by atoms with Crippen molar-refractivity contribution < 1.29 is 4.79 Å². The zero-order valence-electron chi connectivity index (χ0n) is 9.33. The third-order valence-corrected chi connectivity index (χ3v) is 2.34. The molecule has 0 radical (unpaired) electrons. The largest absolute Gasteiger partial charge is 0.351 e. The number of carbonyl (C=O) groups is 1. The number of amides is 1. The van der Waals surface area contributed by atoms with Gasteiger partial charge in [-0.1, -0.05) is 0 Å². The molecule has 2 heterocycles. The van der Waals surface area contributed by atoms with Crippen LogP contribution >= 0.6 is 0 Å².